The predicted octanol–water partition coefficient (Wildman–Crippen LogP) is 3.95. The van der Waals surface area contributed by atoms with Crippen LogP contribution < -0.4 is 0 Å². The number of aryl methyl sites for hydroxylation is 1. The summed E-state index contributed by atoms with van der Waals surface area (Å²) in [5.41, 5.74) is 0.475. The molecule has 1 unspecified atom stereocenters. The smallest absolute Gasteiger partial charge is 0.416 e. The molecule has 2 aliphatic rings. The number of hydrogen-bond acceptors (Lipinski definition) is 4. The van der Waals surface area contributed by atoms with E-state index in [2.05, 4.69) is 14.8 Å². The zero-order valence-corrected chi connectivity index (χ0v) is 14.7. The molecule has 140 valence electrons. The molecule has 3 heterocycles. The number of piperazine rings is 1. The molecule has 4 nitrogen and oxygen atoms in total. The normalized spacial score (nSPS) is 21.9. The van der Waals surface area contributed by atoms with Crippen LogP contribution in [0.25, 0.3) is 11.5 Å². The van der Waals surface area contributed by atoms with E-state index in [-0.39, 0.29) is 5.89 Å². The van der Waals surface area contributed by atoms with E-state index in [0.29, 0.717) is 23.9 Å². The van der Waals surface area contributed by atoms with Crippen LogP contribution in [0.5, 0.6) is 0 Å². The summed E-state index contributed by atoms with van der Waals surface area (Å²) in [6.07, 6.45) is -1.87. The Hall–Kier alpha value is -1.86. The molecule has 26 heavy (non-hydrogen) atoms. The van der Waals surface area contributed by atoms with Crippen molar-refractivity contribution in [2.24, 2.45) is 0 Å². The Balaban J connectivity index is 1.51. The molecule has 2 saturated heterocycles. The van der Waals surface area contributed by atoms with Crippen LogP contribution in [0, 0.1) is 6.92 Å². The summed E-state index contributed by atoms with van der Waals surface area (Å²) in [5.74, 6) is 0.925. The maximum absolute atomic E-state index is 12.9. The molecule has 4 rings (SSSR count). The first-order valence-corrected chi connectivity index (χ1v) is 9.00. The molecule has 1 aromatic heterocycles. The molecule has 0 saturated carbocycles. The van der Waals surface area contributed by atoms with Crippen molar-refractivity contribution in [1.29, 1.82) is 0 Å². The van der Waals surface area contributed by atoms with Crippen molar-refractivity contribution in [3.63, 3.8) is 0 Å². The Labute approximate surface area is 150 Å². The summed E-state index contributed by atoms with van der Waals surface area (Å²) in [6, 6.07) is 5.75. The minimum Gasteiger partial charge on any atom is -0.441 e. The van der Waals surface area contributed by atoms with E-state index in [1.54, 1.807) is 6.07 Å². The van der Waals surface area contributed by atoms with E-state index >= 15 is 0 Å². The number of nitrogens with zero attached hydrogens (tertiary/aromatic N) is 3. The first-order valence-electron chi connectivity index (χ1n) is 9.00. The standard InChI is InChI=1S/C19H22F3N3O/c1-13-17(12-24-8-9-25-7-3-6-16(25)11-24)23-18(26-13)14-4-2-5-15(10-14)19(20,21)22/h2,4-5,10,16H,3,6-9,11-12H2,1H3. The van der Waals surface area contributed by atoms with Crippen molar-refractivity contribution >= 4 is 0 Å². The zero-order chi connectivity index (χ0) is 18.3. The van der Waals surface area contributed by atoms with Crippen molar-refractivity contribution in [2.75, 3.05) is 26.2 Å². The van der Waals surface area contributed by atoms with Crippen LogP contribution in [0.3, 0.4) is 0 Å². The van der Waals surface area contributed by atoms with Crippen molar-refractivity contribution in [1.82, 2.24) is 14.8 Å². The monoisotopic (exact) mass is 365 g/mol. The molecule has 2 aromatic rings. The highest BCUT2D eigenvalue weighted by Crippen LogP contribution is 2.32. The molecule has 2 aliphatic heterocycles. The van der Waals surface area contributed by atoms with E-state index in [1.165, 1.54) is 25.5 Å². The minimum absolute atomic E-state index is 0.253. The van der Waals surface area contributed by atoms with E-state index < -0.39 is 11.7 Å². The lowest BCUT2D eigenvalue weighted by molar-refractivity contribution is -0.137. The molecule has 0 radical (unpaired) electrons. The van der Waals surface area contributed by atoms with Crippen LogP contribution >= 0.6 is 0 Å². The van der Waals surface area contributed by atoms with Gasteiger partial charge in [-0.3, -0.25) is 9.80 Å². The van der Waals surface area contributed by atoms with Gasteiger partial charge < -0.3 is 4.42 Å². The number of rotatable bonds is 3. The van der Waals surface area contributed by atoms with Crippen LogP contribution in [0.1, 0.15) is 29.9 Å². The van der Waals surface area contributed by atoms with E-state index in [4.69, 9.17) is 4.42 Å². The fourth-order valence-electron chi connectivity index (χ4n) is 3.94. The van der Waals surface area contributed by atoms with Crippen LogP contribution in [-0.2, 0) is 12.7 Å². The van der Waals surface area contributed by atoms with Gasteiger partial charge in [0.15, 0.2) is 0 Å². The lowest BCUT2D eigenvalue weighted by atomic mass is 10.1. The van der Waals surface area contributed by atoms with Gasteiger partial charge in [-0.1, -0.05) is 6.07 Å². The highest BCUT2D eigenvalue weighted by atomic mass is 19.4. The molecule has 1 atom stereocenters. The van der Waals surface area contributed by atoms with Gasteiger partial charge in [-0.25, -0.2) is 4.98 Å². The quantitative estimate of drug-likeness (QED) is 0.825. The summed E-state index contributed by atoms with van der Waals surface area (Å²) in [6.45, 7) is 6.78. The maximum Gasteiger partial charge on any atom is 0.416 e. The molecule has 2 fully saturated rings. The average molecular weight is 365 g/mol. The van der Waals surface area contributed by atoms with Gasteiger partial charge in [-0.15, -0.1) is 0 Å². The largest absolute Gasteiger partial charge is 0.441 e. The first kappa shape index (κ1) is 17.5. The lowest BCUT2D eigenvalue weighted by Gasteiger charge is -2.37. The summed E-state index contributed by atoms with van der Waals surface area (Å²) in [7, 11) is 0. The summed E-state index contributed by atoms with van der Waals surface area (Å²) < 4.78 is 44.4. The third-order valence-corrected chi connectivity index (χ3v) is 5.37. The zero-order valence-electron chi connectivity index (χ0n) is 14.7. The van der Waals surface area contributed by atoms with Gasteiger partial charge in [0.25, 0.3) is 0 Å². The van der Waals surface area contributed by atoms with Gasteiger partial charge in [-0.2, -0.15) is 13.2 Å². The second-order valence-corrected chi connectivity index (χ2v) is 7.17. The Bertz CT molecular complexity index is 787. The Morgan fingerprint density at radius 3 is 2.88 bits per heavy atom. The first-order chi connectivity index (χ1) is 12.4. The molecule has 0 spiro atoms. The molecule has 0 aliphatic carbocycles. The number of hydrogen-bond donors (Lipinski definition) is 0. The van der Waals surface area contributed by atoms with Crippen LogP contribution in [0.2, 0.25) is 0 Å². The van der Waals surface area contributed by atoms with Gasteiger partial charge >= 0.3 is 6.18 Å². The van der Waals surface area contributed by atoms with Crippen LogP contribution in [0.4, 0.5) is 13.2 Å². The number of fused-ring (bicyclic) bond motifs is 1. The maximum atomic E-state index is 12.9. The summed E-state index contributed by atoms with van der Waals surface area (Å²) in [5, 5.41) is 0. The SMILES string of the molecule is Cc1oc(-c2cccc(C(F)(F)F)c2)nc1CN1CCN2CCCC2C1. The highest BCUT2D eigenvalue weighted by Gasteiger charge is 2.32. The molecule has 1 aromatic carbocycles. The minimum atomic E-state index is -4.37. The van der Waals surface area contributed by atoms with Crippen molar-refractivity contribution in [3.05, 3.63) is 41.3 Å². The number of alkyl halides is 3. The van der Waals surface area contributed by atoms with Gasteiger partial charge in [0.1, 0.15) is 5.76 Å². The fourth-order valence-corrected chi connectivity index (χ4v) is 3.94. The van der Waals surface area contributed by atoms with Gasteiger partial charge in [-0.05, 0) is 44.5 Å². The Morgan fingerprint density at radius 1 is 1.23 bits per heavy atom. The lowest BCUT2D eigenvalue weighted by Crippen LogP contribution is -2.49. The number of halogens is 3. The van der Waals surface area contributed by atoms with Gasteiger partial charge in [0.05, 0.1) is 11.3 Å². The summed E-state index contributed by atoms with van der Waals surface area (Å²) >= 11 is 0. The third-order valence-electron chi connectivity index (χ3n) is 5.37. The van der Waals surface area contributed by atoms with E-state index in [9.17, 15) is 13.2 Å². The summed E-state index contributed by atoms with van der Waals surface area (Å²) in [4.78, 5) is 9.40. The van der Waals surface area contributed by atoms with Crippen molar-refractivity contribution < 1.29 is 17.6 Å². The molecular weight excluding hydrogens is 343 g/mol. The predicted molar refractivity (Wildman–Crippen MR) is 91.6 cm³/mol. The van der Waals surface area contributed by atoms with Gasteiger partial charge in [0.2, 0.25) is 5.89 Å². The second-order valence-electron chi connectivity index (χ2n) is 7.17. The molecule has 0 amide bonds. The topological polar surface area (TPSA) is 32.5 Å². The van der Waals surface area contributed by atoms with Crippen molar-refractivity contribution in [3.8, 4) is 11.5 Å². The average Bonchev–Trinajstić information content (AvgIpc) is 3.21. The Kier molecular flexibility index (Phi) is 4.52. The number of aromatic nitrogens is 1. The number of benzene rings is 1. The van der Waals surface area contributed by atoms with Crippen LogP contribution in [-0.4, -0.2) is 47.0 Å². The van der Waals surface area contributed by atoms with E-state index in [0.717, 1.165) is 37.5 Å². The highest BCUT2D eigenvalue weighted by molar-refractivity contribution is 5.55. The fraction of sp³-hybridized carbons (Fsp3) is 0.526. The molecule has 7 heteroatoms. The molecule has 0 N–H and O–H groups in total. The molecule has 0 bridgehead atoms. The van der Waals surface area contributed by atoms with E-state index in [1.807, 2.05) is 6.92 Å². The third kappa shape index (κ3) is 3.50. The Morgan fingerprint density at radius 2 is 2.08 bits per heavy atom. The van der Waals surface area contributed by atoms with Gasteiger partial charge in [0, 0.05) is 37.8 Å². The van der Waals surface area contributed by atoms with Crippen molar-refractivity contribution in [2.45, 2.75) is 38.5 Å². The number of oxazole rings is 1. The molecular formula is C19H22F3N3O. The van der Waals surface area contributed by atoms with Crippen LogP contribution in [0.15, 0.2) is 28.7 Å². The second kappa shape index (κ2) is 6.70.